The van der Waals surface area contributed by atoms with Crippen LogP contribution in [0.15, 0.2) is 5.16 Å². The van der Waals surface area contributed by atoms with Crippen LogP contribution in [-0.4, -0.2) is 50.4 Å². The predicted molar refractivity (Wildman–Crippen MR) is 68.5 cm³/mol. The van der Waals surface area contributed by atoms with Crippen molar-refractivity contribution in [1.82, 2.24) is 20.2 Å². The maximum absolute atomic E-state index is 9.71. The van der Waals surface area contributed by atoms with E-state index in [4.69, 9.17) is 4.74 Å². The minimum absolute atomic E-state index is 0.370. The van der Waals surface area contributed by atoms with Crippen molar-refractivity contribution >= 4 is 11.8 Å². The van der Waals surface area contributed by atoms with Crippen LogP contribution in [0.25, 0.3) is 0 Å². The third kappa shape index (κ3) is 3.66. The Morgan fingerprint density at radius 1 is 1.50 bits per heavy atom. The number of hydrogen-bond donors (Lipinski definition) is 1. The molecule has 1 atom stereocenters. The van der Waals surface area contributed by atoms with E-state index < -0.39 is 6.10 Å². The molecule has 2 rings (SSSR count). The van der Waals surface area contributed by atoms with Crippen LogP contribution in [0.4, 0.5) is 0 Å². The summed E-state index contributed by atoms with van der Waals surface area (Å²) in [6, 6.07) is 0.437. The molecule has 6 nitrogen and oxygen atoms in total. The predicted octanol–water partition coefficient (Wildman–Crippen LogP) is 1.28. The second kappa shape index (κ2) is 7.06. The van der Waals surface area contributed by atoms with E-state index in [1.165, 1.54) is 24.6 Å². The third-order valence-electron chi connectivity index (χ3n) is 3.05. The molecule has 7 heteroatoms. The number of thioether (sulfide) groups is 1. The highest BCUT2D eigenvalue weighted by atomic mass is 32.2. The Morgan fingerprint density at radius 3 is 3.00 bits per heavy atom. The Hall–Kier alpha value is -0.660. The lowest BCUT2D eigenvalue weighted by molar-refractivity contribution is 0.0551. The van der Waals surface area contributed by atoms with Gasteiger partial charge in [0.05, 0.1) is 18.8 Å². The Bertz CT molecular complexity index is 355. The number of hydrogen-bond acceptors (Lipinski definition) is 6. The molecule has 0 bridgehead atoms. The molecule has 0 saturated heterocycles. The maximum atomic E-state index is 9.71. The summed E-state index contributed by atoms with van der Waals surface area (Å²) in [5.74, 6) is 0.563. The summed E-state index contributed by atoms with van der Waals surface area (Å²) in [6.45, 7) is 2.91. The molecule has 1 heterocycles. The molecule has 1 aliphatic rings. The highest BCUT2D eigenvalue weighted by molar-refractivity contribution is 7.99. The van der Waals surface area contributed by atoms with E-state index in [-0.39, 0.29) is 0 Å². The molecule has 0 radical (unpaired) electrons. The summed E-state index contributed by atoms with van der Waals surface area (Å²) in [7, 11) is 0. The first-order chi connectivity index (χ1) is 8.81. The summed E-state index contributed by atoms with van der Waals surface area (Å²) in [5, 5.41) is 22.3. The first-order valence-electron chi connectivity index (χ1n) is 6.47. The first kappa shape index (κ1) is 13.8. The molecule has 102 valence electrons. The average Bonchev–Trinajstić information content (AvgIpc) is 3.03. The fraction of sp³-hybridized carbons (Fsp3) is 0.909. The van der Waals surface area contributed by atoms with Gasteiger partial charge in [-0.2, -0.15) is 0 Å². The minimum atomic E-state index is -0.469. The zero-order valence-corrected chi connectivity index (χ0v) is 11.5. The van der Waals surface area contributed by atoms with Crippen molar-refractivity contribution in [3.05, 3.63) is 0 Å². The summed E-state index contributed by atoms with van der Waals surface area (Å²) in [6.07, 6.45) is 4.34. The number of aliphatic hydroxyl groups excluding tert-OH is 1. The van der Waals surface area contributed by atoms with Crippen LogP contribution >= 0.6 is 11.8 Å². The first-order valence-corrected chi connectivity index (χ1v) is 7.46. The SMILES string of the molecule is CCOCC(O)CSc1nnnn1C1CCCC1. The Morgan fingerprint density at radius 2 is 2.28 bits per heavy atom. The minimum Gasteiger partial charge on any atom is -0.390 e. The number of aromatic nitrogens is 4. The Labute approximate surface area is 111 Å². The van der Waals surface area contributed by atoms with Gasteiger partial charge in [0.15, 0.2) is 0 Å². The number of aliphatic hydroxyl groups is 1. The second-order valence-corrected chi connectivity index (χ2v) is 5.46. The fourth-order valence-electron chi connectivity index (χ4n) is 2.13. The van der Waals surface area contributed by atoms with Gasteiger partial charge in [0.25, 0.3) is 0 Å². The summed E-state index contributed by atoms with van der Waals surface area (Å²) in [4.78, 5) is 0. The van der Waals surface area contributed by atoms with Gasteiger partial charge in [0.1, 0.15) is 0 Å². The van der Waals surface area contributed by atoms with Crippen LogP contribution in [0.3, 0.4) is 0 Å². The van der Waals surface area contributed by atoms with Gasteiger partial charge >= 0.3 is 0 Å². The fourth-order valence-corrected chi connectivity index (χ4v) is 2.98. The Balaban J connectivity index is 1.83. The third-order valence-corrected chi connectivity index (χ3v) is 4.13. The number of rotatable bonds is 7. The van der Waals surface area contributed by atoms with Gasteiger partial charge < -0.3 is 9.84 Å². The molecule has 1 saturated carbocycles. The normalized spacial score (nSPS) is 18.3. The second-order valence-electron chi connectivity index (χ2n) is 4.47. The molecule has 1 fully saturated rings. The average molecular weight is 272 g/mol. The molecule has 1 N–H and O–H groups in total. The van der Waals surface area contributed by atoms with Crippen molar-refractivity contribution in [2.75, 3.05) is 19.0 Å². The van der Waals surface area contributed by atoms with Crippen molar-refractivity contribution in [3.8, 4) is 0 Å². The smallest absolute Gasteiger partial charge is 0.209 e. The highest BCUT2D eigenvalue weighted by Crippen LogP contribution is 2.31. The molecular weight excluding hydrogens is 252 g/mol. The molecule has 1 aromatic rings. The molecule has 18 heavy (non-hydrogen) atoms. The zero-order valence-electron chi connectivity index (χ0n) is 10.7. The van der Waals surface area contributed by atoms with E-state index in [0.29, 0.717) is 25.0 Å². The summed E-state index contributed by atoms with van der Waals surface area (Å²) in [5.41, 5.74) is 0. The molecule has 1 unspecified atom stereocenters. The van der Waals surface area contributed by atoms with E-state index in [0.717, 1.165) is 18.0 Å². The van der Waals surface area contributed by atoms with Crippen molar-refractivity contribution in [3.63, 3.8) is 0 Å². The van der Waals surface area contributed by atoms with Crippen LogP contribution in [0.2, 0.25) is 0 Å². The summed E-state index contributed by atoms with van der Waals surface area (Å²) >= 11 is 1.50. The summed E-state index contributed by atoms with van der Waals surface area (Å²) < 4.78 is 7.08. The lowest BCUT2D eigenvalue weighted by atomic mass is 10.3. The lowest BCUT2D eigenvalue weighted by Gasteiger charge is -2.12. The molecule has 0 spiro atoms. The van der Waals surface area contributed by atoms with Crippen molar-refractivity contribution in [1.29, 1.82) is 0 Å². The molecule has 0 aliphatic heterocycles. The van der Waals surface area contributed by atoms with Gasteiger partial charge in [-0.1, -0.05) is 24.6 Å². The topological polar surface area (TPSA) is 73.1 Å². The van der Waals surface area contributed by atoms with E-state index in [2.05, 4.69) is 15.5 Å². The molecule has 0 aromatic carbocycles. The van der Waals surface area contributed by atoms with E-state index in [1.54, 1.807) is 0 Å². The van der Waals surface area contributed by atoms with Crippen LogP contribution in [0.5, 0.6) is 0 Å². The molecule has 1 aliphatic carbocycles. The van der Waals surface area contributed by atoms with Gasteiger partial charge in [0, 0.05) is 12.4 Å². The van der Waals surface area contributed by atoms with Crippen molar-refractivity contribution in [2.45, 2.75) is 49.9 Å². The Kier molecular flexibility index (Phi) is 5.40. The van der Waals surface area contributed by atoms with E-state index >= 15 is 0 Å². The van der Waals surface area contributed by atoms with Crippen LogP contribution < -0.4 is 0 Å². The van der Waals surface area contributed by atoms with Gasteiger partial charge in [-0.05, 0) is 30.2 Å². The van der Waals surface area contributed by atoms with Gasteiger partial charge in [-0.15, -0.1) is 5.10 Å². The van der Waals surface area contributed by atoms with Crippen LogP contribution in [0.1, 0.15) is 38.6 Å². The molecular formula is C11H20N4O2S. The number of nitrogens with zero attached hydrogens (tertiary/aromatic N) is 4. The quantitative estimate of drug-likeness (QED) is 0.754. The van der Waals surface area contributed by atoms with Crippen molar-refractivity contribution in [2.24, 2.45) is 0 Å². The standard InChI is InChI=1S/C11H20N4O2S/c1-2-17-7-10(16)8-18-11-12-13-14-15(11)9-5-3-4-6-9/h9-10,16H,2-8H2,1H3. The van der Waals surface area contributed by atoms with Crippen LogP contribution in [-0.2, 0) is 4.74 Å². The van der Waals surface area contributed by atoms with E-state index in [1.807, 2.05) is 11.6 Å². The monoisotopic (exact) mass is 272 g/mol. The lowest BCUT2D eigenvalue weighted by Crippen LogP contribution is -2.18. The largest absolute Gasteiger partial charge is 0.390 e. The van der Waals surface area contributed by atoms with Crippen molar-refractivity contribution < 1.29 is 9.84 Å². The van der Waals surface area contributed by atoms with Gasteiger partial charge in [0.2, 0.25) is 5.16 Å². The number of ether oxygens (including phenoxy) is 1. The molecule has 0 amide bonds. The number of tetrazole rings is 1. The van der Waals surface area contributed by atoms with E-state index in [9.17, 15) is 5.11 Å². The van der Waals surface area contributed by atoms with Gasteiger partial charge in [-0.3, -0.25) is 0 Å². The zero-order chi connectivity index (χ0) is 12.8. The maximum Gasteiger partial charge on any atom is 0.209 e. The van der Waals surface area contributed by atoms with Gasteiger partial charge in [-0.25, -0.2) is 4.68 Å². The van der Waals surface area contributed by atoms with Crippen LogP contribution in [0, 0.1) is 0 Å². The molecule has 1 aromatic heterocycles. The highest BCUT2D eigenvalue weighted by Gasteiger charge is 2.22.